The van der Waals surface area contributed by atoms with Gasteiger partial charge in [-0.1, -0.05) is 30.2 Å². The Bertz CT molecular complexity index is 1340. The summed E-state index contributed by atoms with van der Waals surface area (Å²) in [7, 11) is 0. The number of hydrogen-bond acceptors (Lipinski definition) is 6. The van der Waals surface area contributed by atoms with Crippen molar-refractivity contribution >= 4 is 27.9 Å². The van der Waals surface area contributed by atoms with Gasteiger partial charge in [0.25, 0.3) is 5.56 Å². The summed E-state index contributed by atoms with van der Waals surface area (Å²) in [6, 6.07) is 13.6. The van der Waals surface area contributed by atoms with Gasteiger partial charge in [-0.3, -0.25) is 9.69 Å². The standard InChI is InChI=1S/C26H27ClN4O2S/c1-18-15-21(33-14-13-30-11-3-2-4-12-30)9-10-22(18)24-17-34-26-28-25(32)23(29-31(24)26)16-19-5-7-20(27)8-6-19/h5-10,15,17H,2-4,11-14,16H2,1H3. The van der Waals surface area contributed by atoms with Crippen LogP contribution in [-0.4, -0.2) is 45.7 Å². The van der Waals surface area contributed by atoms with Gasteiger partial charge < -0.3 is 4.74 Å². The molecule has 4 aromatic rings. The van der Waals surface area contributed by atoms with Crippen molar-refractivity contribution in [2.45, 2.75) is 32.6 Å². The summed E-state index contributed by atoms with van der Waals surface area (Å²) < 4.78 is 7.81. The lowest BCUT2D eigenvalue weighted by Gasteiger charge is -2.26. The lowest BCUT2D eigenvalue weighted by atomic mass is 10.1. The molecule has 2 aromatic carbocycles. The molecule has 0 N–H and O–H groups in total. The van der Waals surface area contributed by atoms with E-state index in [9.17, 15) is 4.79 Å². The van der Waals surface area contributed by atoms with Gasteiger partial charge in [0.1, 0.15) is 18.1 Å². The molecule has 0 spiro atoms. The second-order valence-electron chi connectivity index (χ2n) is 8.71. The van der Waals surface area contributed by atoms with Gasteiger partial charge in [0.2, 0.25) is 4.96 Å². The number of rotatable bonds is 7. The maximum absolute atomic E-state index is 12.6. The van der Waals surface area contributed by atoms with E-state index in [0.717, 1.165) is 34.7 Å². The van der Waals surface area contributed by atoms with Crippen LogP contribution in [0.2, 0.25) is 5.02 Å². The van der Waals surface area contributed by atoms with E-state index < -0.39 is 0 Å². The van der Waals surface area contributed by atoms with Crippen LogP contribution in [0.3, 0.4) is 0 Å². The molecule has 3 heterocycles. The molecule has 1 aliphatic rings. The molecule has 1 fully saturated rings. The average Bonchev–Trinajstić information content (AvgIpc) is 3.24. The number of piperidine rings is 1. The molecule has 1 saturated heterocycles. The lowest BCUT2D eigenvalue weighted by molar-refractivity contribution is 0.183. The van der Waals surface area contributed by atoms with Crippen LogP contribution in [0.25, 0.3) is 16.2 Å². The van der Waals surface area contributed by atoms with Crippen molar-refractivity contribution in [1.82, 2.24) is 19.5 Å². The van der Waals surface area contributed by atoms with Crippen molar-refractivity contribution in [3.8, 4) is 17.0 Å². The van der Waals surface area contributed by atoms with Gasteiger partial charge in [0, 0.05) is 28.9 Å². The van der Waals surface area contributed by atoms with E-state index in [0.29, 0.717) is 28.7 Å². The Morgan fingerprint density at radius 3 is 2.65 bits per heavy atom. The quantitative estimate of drug-likeness (QED) is 0.352. The van der Waals surface area contributed by atoms with Gasteiger partial charge in [-0.15, -0.1) is 11.3 Å². The number of thiazole rings is 1. The van der Waals surface area contributed by atoms with Gasteiger partial charge in [-0.05, 0) is 74.3 Å². The first-order chi connectivity index (χ1) is 16.6. The molecule has 0 saturated carbocycles. The first kappa shape index (κ1) is 23.0. The van der Waals surface area contributed by atoms with E-state index in [4.69, 9.17) is 16.3 Å². The largest absolute Gasteiger partial charge is 0.492 e. The molecular weight excluding hydrogens is 468 g/mol. The minimum absolute atomic E-state index is 0.294. The molecule has 6 nitrogen and oxygen atoms in total. The third-order valence-electron chi connectivity index (χ3n) is 6.23. The number of nitrogens with zero attached hydrogens (tertiary/aromatic N) is 4. The van der Waals surface area contributed by atoms with Crippen LogP contribution in [0.15, 0.2) is 52.6 Å². The lowest BCUT2D eigenvalue weighted by Crippen LogP contribution is -2.33. The topological polar surface area (TPSA) is 59.7 Å². The molecule has 176 valence electrons. The predicted molar refractivity (Wildman–Crippen MR) is 137 cm³/mol. The van der Waals surface area contributed by atoms with Crippen molar-refractivity contribution in [3.05, 3.63) is 80.0 Å². The second kappa shape index (κ2) is 10.3. The number of aromatic nitrogens is 3. The van der Waals surface area contributed by atoms with E-state index in [1.165, 1.54) is 43.7 Å². The number of likely N-dealkylation sites (tertiary alicyclic amines) is 1. The third-order valence-corrected chi connectivity index (χ3v) is 7.30. The molecule has 0 aliphatic carbocycles. The van der Waals surface area contributed by atoms with E-state index in [1.807, 2.05) is 35.7 Å². The monoisotopic (exact) mass is 494 g/mol. The maximum Gasteiger partial charge on any atom is 0.296 e. The number of hydrogen-bond donors (Lipinski definition) is 0. The SMILES string of the molecule is Cc1cc(OCCN2CCCCC2)ccc1-c1csc2nc(=O)c(Cc3ccc(Cl)cc3)nn12. The molecule has 0 atom stereocenters. The smallest absolute Gasteiger partial charge is 0.296 e. The molecule has 1 aliphatic heterocycles. The highest BCUT2D eigenvalue weighted by Gasteiger charge is 2.15. The summed E-state index contributed by atoms with van der Waals surface area (Å²) in [5.41, 5.74) is 4.14. The van der Waals surface area contributed by atoms with E-state index in [-0.39, 0.29) is 5.56 Å². The van der Waals surface area contributed by atoms with Gasteiger partial charge >= 0.3 is 0 Å². The Balaban J connectivity index is 1.35. The van der Waals surface area contributed by atoms with E-state index in [2.05, 4.69) is 34.0 Å². The zero-order chi connectivity index (χ0) is 23.5. The molecule has 0 unspecified atom stereocenters. The van der Waals surface area contributed by atoms with Crippen LogP contribution in [0.5, 0.6) is 5.75 Å². The van der Waals surface area contributed by atoms with Gasteiger partial charge in [-0.25, -0.2) is 4.52 Å². The number of benzene rings is 2. The van der Waals surface area contributed by atoms with Gasteiger partial charge in [0.15, 0.2) is 0 Å². The Morgan fingerprint density at radius 1 is 1.09 bits per heavy atom. The Labute approximate surface area is 207 Å². The number of aryl methyl sites for hydroxylation is 1. The Hall–Kier alpha value is -2.74. The van der Waals surface area contributed by atoms with E-state index >= 15 is 0 Å². The molecule has 0 bridgehead atoms. The molecule has 0 amide bonds. The van der Waals surface area contributed by atoms with Gasteiger partial charge in [-0.2, -0.15) is 10.1 Å². The van der Waals surface area contributed by atoms with Crippen LogP contribution >= 0.6 is 22.9 Å². The minimum Gasteiger partial charge on any atom is -0.492 e. The van der Waals surface area contributed by atoms with Crippen molar-refractivity contribution in [2.24, 2.45) is 0 Å². The molecule has 2 aromatic heterocycles. The Morgan fingerprint density at radius 2 is 1.88 bits per heavy atom. The summed E-state index contributed by atoms with van der Waals surface area (Å²) in [6.45, 7) is 6.09. The molecule has 0 radical (unpaired) electrons. The second-order valence-corrected chi connectivity index (χ2v) is 9.98. The fraction of sp³-hybridized carbons (Fsp3) is 0.346. The molecule has 34 heavy (non-hydrogen) atoms. The summed E-state index contributed by atoms with van der Waals surface area (Å²) in [5.74, 6) is 0.874. The zero-order valence-corrected chi connectivity index (χ0v) is 20.7. The summed E-state index contributed by atoms with van der Waals surface area (Å²) in [6.07, 6.45) is 4.33. The van der Waals surface area contributed by atoms with Crippen molar-refractivity contribution in [3.63, 3.8) is 0 Å². The summed E-state index contributed by atoms with van der Waals surface area (Å²) in [5, 5.41) is 7.34. The van der Waals surface area contributed by atoms with Crippen LogP contribution < -0.4 is 10.3 Å². The number of fused-ring (bicyclic) bond motifs is 1. The third kappa shape index (κ3) is 5.17. The molecule has 5 rings (SSSR count). The average molecular weight is 495 g/mol. The predicted octanol–water partition coefficient (Wildman–Crippen LogP) is 5.24. The highest BCUT2D eigenvalue weighted by Crippen LogP contribution is 2.29. The fourth-order valence-corrected chi connectivity index (χ4v) is 5.31. The molecule has 8 heteroatoms. The summed E-state index contributed by atoms with van der Waals surface area (Å²) in [4.78, 5) is 19.9. The maximum atomic E-state index is 12.6. The summed E-state index contributed by atoms with van der Waals surface area (Å²) >= 11 is 7.40. The normalized spacial score (nSPS) is 14.5. The van der Waals surface area contributed by atoms with Crippen molar-refractivity contribution in [2.75, 3.05) is 26.2 Å². The zero-order valence-electron chi connectivity index (χ0n) is 19.2. The van der Waals surface area contributed by atoms with Gasteiger partial charge in [0.05, 0.1) is 5.69 Å². The Kier molecular flexibility index (Phi) is 6.94. The number of halogens is 1. The first-order valence-corrected chi connectivity index (χ1v) is 12.9. The highest BCUT2D eigenvalue weighted by atomic mass is 35.5. The molecular formula is C26H27ClN4O2S. The minimum atomic E-state index is -0.294. The van der Waals surface area contributed by atoms with Crippen LogP contribution in [0.1, 0.15) is 36.1 Å². The van der Waals surface area contributed by atoms with Crippen LogP contribution in [0.4, 0.5) is 0 Å². The van der Waals surface area contributed by atoms with E-state index in [1.54, 1.807) is 4.52 Å². The first-order valence-electron chi connectivity index (χ1n) is 11.6. The van der Waals surface area contributed by atoms with Crippen LogP contribution in [0, 0.1) is 6.92 Å². The fourth-order valence-electron chi connectivity index (χ4n) is 4.37. The van der Waals surface area contributed by atoms with Crippen molar-refractivity contribution in [1.29, 1.82) is 0 Å². The van der Waals surface area contributed by atoms with Crippen LogP contribution in [-0.2, 0) is 6.42 Å². The van der Waals surface area contributed by atoms with Crippen molar-refractivity contribution < 1.29 is 4.74 Å². The highest BCUT2D eigenvalue weighted by molar-refractivity contribution is 7.15. The number of ether oxygens (including phenoxy) is 1.